The largest absolute Gasteiger partial charge is 0.455 e. The van der Waals surface area contributed by atoms with E-state index in [4.69, 9.17) is 15.2 Å². The fourth-order valence-electron chi connectivity index (χ4n) is 5.29. The molecule has 0 bridgehead atoms. The maximum atomic E-state index is 13.2. The van der Waals surface area contributed by atoms with Gasteiger partial charge in [-0.05, 0) is 48.4 Å². The summed E-state index contributed by atoms with van der Waals surface area (Å²) < 4.78 is 36.7. The number of halogens is 2. The van der Waals surface area contributed by atoms with E-state index in [9.17, 15) is 18.4 Å². The topological polar surface area (TPSA) is 118 Å². The molecule has 1 aromatic heterocycles. The molecule has 3 aliphatic heterocycles. The summed E-state index contributed by atoms with van der Waals surface area (Å²) in [4.78, 5) is 36.3. The summed E-state index contributed by atoms with van der Waals surface area (Å²) in [5, 5.41) is 5.98. The standard InChI is InChI=1S/C29H29F2N5O4S2/c30-29(31)39-18-11-20(27(32)34-13-19-9-17-12-33-8-7-23(17)41-19)36(15-18)26(37)14-35-28(38)16-5-6-25-22(10-16)40-21-3-1-2-4-24(21)42-25/h1-6,9-10,18,20,29,33H,7-8,11-15H2,(H2,32,34)(H,35,38)/t18-,20+/m1/s1. The number of hydrogen-bond donors (Lipinski definition) is 3. The maximum Gasteiger partial charge on any atom is 0.345 e. The SMILES string of the molecule is NC(=NCc1cc2c(s1)CCNC2)[C@@H]1C[C@@H](OC(F)F)CN1C(=O)CNC(=O)c1ccc2c(c1)Oc1ccccc1S2. The van der Waals surface area contributed by atoms with Crippen LogP contribution in [0.25, 0.3) is 0 Å². The van der Waals surface area contributed by atoms with Gasteiger partial charge in [0.1, 0.15) is 17.3 Å². The second-order valence-electron chi connectivity index (χ2n) is 10.1. The third-order valence-electron chi connectivity index (χ3n) is 7.32. The van der Waals surface area contributed by atoms with Gasteiger partial charge >= 0.3 is 6.61 Å². The number of likely N-dealkylation sites (tertiary alicyclic amines) is 1. The lowest BCUT2D eigenvalue weighted by atomic mass is 10.1. The van der Waals surface area contributed by atoms with Crippen molar-refractivity contribution < 1.29 is 27.8 Å². The van der Waals surface area contributed by atoms with Crippen LogP contribution in [-0.2, 0) is 29.0 Å². The van der Waals surface area contributed by atoms with Crippen LogP contribution in [0.4, 0.5) is 8.78 Å². The number of aliphatic imine (C=N–C) groups is 1. The van der Waals surface area contributed by atoms with E-state index in [2.05, 4.69) is 21.7 Å². The van der Waals surface area contributed by atoms with Crippen LogP contribution in [0.5, 0.6) is 11.5 Å². The van der Waals surface area contributed by atoms with E-state index in [1.165, 1.54) is 15.3 Å². The summed E-state index contributed by atoms with van der Waals surface area (Å²) in [7, 11) is 0. The first kappa shape index (κ1) is 28.6. The molecule has 0 saturated carbocycles. The number of carbonyl (C=O) groups is 2. The van der Waals surface area contributed by atoms with Gasteiger partial charge in [-0.15, -0.1) is 11.3 Å². The molecule has 3 aliphatic rings. The Balaban J connectivity index is 1.10. The summed E-state index contributed by atoms with van der Waals surface area (Å²) >= 11 is 3.23. The Morgan fingerprint density at radius 1 is 1.19 bits per heavy atom. The van der Waals surface area contributed by atoms with Crippen LogP contribution < -0.4 is 21.1 Å². The third kappa shape index (κ3) is 6.28. The fraction of sp³-hybridized carbons (Fsp3) is 0.345. The summed E-state index contributed by atoms with van der Waals surface area (Å²) in [6, 6.07) is 14.1. The average molecular weight is 614 g/mol. The number of benzene rings is 2. The molecule has 9 nitrogen and oxygen atoms in total. The Morgan fingerprint density at radius 3 is 2.86 bits per heavy atom. The first-order valence-electron chi connectivity index (χ1n) is 13.5. The molecule has 1 fully saturated rings. The number of para-hydroxylation sites is 1. The lowest BCUT2D eigenvalue weighted by Gasteiger charge is -2.24. The minimum atomic E-state index is -2.98. The van der Waals surface area contributed by atoms with Crippen LogP contribution in [0.3, 0.4) is 0 Å². The summed E-state index contributed by atoms with van der Waals surface area (Å²) in [6.07, 6.45) is 0.154. The Hall–Kier alpha value is -3.52. The van der Waals surface area contributed by atoms with Gasteiger partial charge < -0.3 is 30.7 Å². The number of thiophene rings is 1. The van der Waals surface area contributed by atoms with Crippen molar-refractivity contribution in [1.82, 2.24) is 15.5 Å². The van der Waals surface area contributed by atoms with Crippen molar-refractivity contribution >= 4 is 40.7 Å². The third-order valence-corrected chi connectivity index (χ3v) is 9.66. The van der Waals surface area contributed by atoms with Gasteiger partial charge in [-0.1, -0.05) is 23.9 Å². The van der Waals surface area contributed by atoms with E-state index in [0.717, 1.165) is 34.2 Å². The number of amides is 2. The molecule has 0 unspecified atom stereocenters. The van der Waals surface area contributed by atoms with Crippen LogP contribution in [0.1, 0.15) is 32.1 Å². The number of amidine groups is 1. The first-order chi connectivity index (χ1) is 20.3. The van der Waals surface area contributed by atoms with Crippen molar-refractivity contribution in [3.63, 3.8) is 0 Å². The number of hydrogen-bond acceptors (Lipinski definition) is 8. The van der Waals surface area contributed by atoms with Crippen molar-refractivity contribution in [1.29, 1.82) is 0 Å². The molecule has 6 rings (SSSR count). The molecule has 4 N–H and O–H groups in total. The summed E-state index contributed by atoms with van der Waals surface area (Å²) in [6.45, 7) is -1.31. The van der Waals surface area contributed by atoms with Crippen molar-refractivity contribution in [2.75, 3.05) is 19.6 Å². The molecular weight excluding hydrogens is 584 g/mol. The second kappa shape index (κ2) is 12.4. The van der Waals surface area contributed by atoms with Gasteiger partial charge in [0.25, 0.3) is 5.91 Å². The van der Waals surface area contributed by atoms with E-state index in [-0.39, 0.29) is 25.3 Å². The summed E-state index contributed by atoms with van der Waals surface area (Å²) in [5.74, 6) is 0.495. The van der Waals surface area contributed by atoms with Gasteiger partial charge in [0.05, 0.1) is 35.0 Å². The molecule has 220 valence electrons. The molecule has 42 heavy (non-hydrogen) atoms. The highest BCUT2D eigenvalue weighted by Gasteiger charge is 2.39. The van der Waals surface area contributed by atoms with Gasteiger partial charge in [0, 0.05) is 41.4 Å². The van der Waals surface area contributed by atoms with E-state index in [0.29, 0.717) is 23.6 Å². The fourth-order valence-corrected chi connectivity index (χ4v) is 7.34. The zero-order chi connectivity index (χ0) is 29.2. The predicted molar refractivity (Wildman–Crippen MR) is 155 cm³/mol. The van der Waals surface area contributed by atoms with Crippen LogP contribution in [0, 0.1) is 0 Å². The quantitative estimate of drug-likeness (QED) is 0.202. The molecule has 2 atom stereocenters. The highest BCUT2D eigenvalue weighted by molar-refractivity contribution is 7.99. The number of ether oxygens (including phenoxy) is 2. The van der Waals surface area contributed by atoms with Crippen LogP contribution in [0.2, 0.25) is 0 Å². The Bertz CT molecular complexity index is 1510. The Kier molecular flexibility index (Phi) is 8.43. The number of fused-ring (bicyclic) bond motifs is 3. The number of nitrogens with one attached hydrogen (secondary N) is 2. The molecule has 13 heteroatoms. The van der Waals surface area contributed by atoms with Crippen LogP contribution in [0.15, 0.2) is 63.3 Å². The highest BCUT2D eigenvalue weighted by Crippen LogP contribution is 2.46. The van der Waals surface area contributed by atoms with Crippen molar-refractivity contribution in [3.8, 4) is 11.5 Å². The smallest absolute Gasteiger partial charge is 0.345 e. The number of nitrogens with two attached hydrogens (primary N) is 1. The van der Waals surface area contributed by atoms with E-state index in [1.807, 2.05) is 24.3 Å². The lowest BCUT2D eigenvalue weighted by molar-refractivity contribution is -0.160. The summed E-state index contributed by atoms with van der Waals surface area (Å²) in [5.41, 5.74) is 7.90. The van der Waals surface area contributed by atoms with Crippen molar-refractivity contribution in [3.05, 3.63) is 69.4 Å². The molecule has 0 aliphatic carbocycles. The second-order valence-corrected chi connectivity index (χ2v) is 12.4. The lowest BCUT2D eigenvalue weighted by Crippen LogP contribution is -2.47. The minimum Gasteiger partial charge on any atom is -0.455 e. The predicted octanol–water partition coefficient (Wildman–Crippen LogP) is 4.15. The zero-order valence-corrected chi connectivity index (χ0v) is 24.1. The normalized spacial score (nSPS) is 19.6. The maximum absolute atomic E-state index is 13.2. The molecule has 2 aromatic carbocycles. The molecule has 0 spiro atoms. The van der Waals surface area contributed by atoms with Crippen molar-refractivity contribution in [2.24, 2.45) is 10.7 Å². The number of carbonyl (C=O) groups excluding carboxylic acids is 2. The highest BCUT2D eigenvalue weighted by atomic mass is 32.2. The van der Waals surface area contributed by atoms with E-state index >= 15 is 0 Å². The number of rotatable bonds is 8. The van der Waals surface area contributed by atoms with Crippen LogP contribution >= 0.6 is 23.1 Å². The molecule has 4 heterocycles. The first-order valence-corrected chi connectivity index (χ1v) is 15.2. The van der Waals surface area contributed by atoms with Crippen LogP contribution in [-0.4, -0.2) is 60.9 Å². The van der Waals surface area contributed by atoms with Gasteiger partial charge in [-0.25, -0.2) is 0 Å². The molecule has 0 radical (unpaired) electrons. The van der Waals surface area contributed by atoms with Gasteiger partial charge in [0.15, 0.2) is 0 Å². The molecule has 3 aromatic rings. The zero-order valence-electron chi connectivity index (χ0n) is 22.5. The average Bonchev–Trinajstić information content (AvgIpc) is 3.61. The van der Waals surface area contributed by atoms with Gasteiger partial charge in [-0.3, -0.25) is 14.6 Å². The Labute approximate surface area is 249 Å². The number of alkyl halides is 2. The monoisotopic (exact) mass is 613 g/mol. The van der Waals surface area contributed by atoms with E-state index in [1.54, 1.807) is 41.3 Å². The Morgan fingerprint density at radius 2 is 2.02 bits per heavy atom. The molecule has 2 amide bonds. The number of nitrogens with zero attached hydrogens (tertiary/aromatic N) is 2. The van der Waals surface area contributed by atoms with Crippen molar-refractivity contribution in [2.45, 2.75) is 54.5 Å². The molecule has 1 saturated heterocycles. The minimum absolute atomic E-state index is 0.0811. The van der Waals surface area contributed by atoms with E-state index < -0.39 is 30.6 Å². The van der Waals surface area contributed by atoms with Gasteiger partial charge in [-0.2, -0.15) is 8.78 Å². The molecular formula is C29H29F2N5O4S2. The van der Waals surface area contributed by atoms with Gasteiger partial charge in [0.2, 0.25) is 5.91 Å².